The summed E-state index contributed by atoms with van der Waals surface area (Å²) in [4.78, 5) is 21.8. The molecule has 4 nitrogen and oxygen atoms in total. The quantitative estimate of drug-likeness (QED) is 0.771. The van der Waals surface area contributed by atoms with E-state index in [1.807, 2.05) is 36.4 Å². The average Bonchev–Trinajstić information content (AvgIpc) is 3.41. The summed E-state index contributed by atoms with van der Waals surface area (Å²) in [6.07, 6.45) is 4.36. The summed E-state index contributed by atoms with van der Waals surface area (Å²) < 4.78 is 0. The predicted octanol–water partition coefficient (Wildman–Crippen LogP) is 3.19. The predicted molar refractivity (Wildman–Crippen MR) is 90.1 cm³/mol. The van der Waals surface area contributed by atoms with Gasteiger partial charge in [-0.25, -0.2) is 0 Å². The van der Waals surface area contributed by atoms with Crippen molar-refractivity contribution in [3.63, 3.8) is 0 Å². The number of carbonyl (C=O) groups is 2. The lowest BCUT2D eigenvalue weighted by molar-refractivity contribution is -0.110. The van der Waals surface area contributed by atoms with Gasteiger partial charge < -0.3 is 20.0 Å². The first-order valence-electron chi connectivity index (χ1n) is 7.83. The Labute approximate surface area is 134 Å². The lowest BCUT2D eigenvalue weighted by Crippen LogP contribution is -2.29. The molecule has 4 heteroatoms. The molecular weight excluding hydrogens is 290 g/mol. The summed E-state index contributed by atoms with van der Waals surface area (Å²) in [5.41, 5.74) is 2.75. The van der Waals surface area contributed by atoms with Gasteiger partial charge in [-0.3, -0.25) is 0 Å². The van der Waals surface area contributed by atoms with Gasteiger partial charge >= 0.3 is 0 Å². The van der Waals surface area contributed by atoms with Crippen LogP contribution in [0.5, 0.6) is 5.75 Å². The number of hydrogen-bond acceptors (Lipinski definition) is 4. The minimum atomic E-state index is -0.422. The second-order valence-electron chi connectivity index (χ2n) is 5.79. The minimum absolute atomic E-state index is 0.227. The SMILES string of the molecule is O=CCC[C@@H](C=O)NC(=C1CC1)c1ccc2ccccc2c1O. The largest absolute Gasteiger partial charge is 0.507 e. The Morgan fingerprint density at radius 3 is 2.65 bits per heavy atom. The lowest BCUT2D eigenvalue weighted by Gasteiger charge is -2.18. The number of hydrogen-bond donors (Lipinski definition) is 2. The van der Waals surface area contributed by atoms with Crippen LogP contribution in [-0.2, 0) is 9.59 Å². The third kappa shape index (κ3) is 3.26. The maximum absolute atomic E-state index is 11.3. The van der Waals surface area contributed by atoms with E-state index in [0.717, 1.165) is 41.9 Å². The van der Waals surface area contributed by atoms with Gasteiger partial charge in [-0.1, -0.05) is 30.3 Å². The van der Waals surface area contributed by atoms with E-state index in [1.165, 1.54) is 5.57 Å². The second-order valence-corrected chi connectivity index (χ2v) is 5.79. The van der Waals surface area contributed by atoms with Crippen LogP contribution < -0.4 is 5.32 Å². The van der Waals surface area contributed by atoms with Crippen LogP contribution in [0, 0.1) is 0 Å². The number of rotatable bonds is 7. The molecule has 1 aliphatic carbocycles. The molecule has 0 radical (unpaired) electrons. The van der Waals surface area contributed by atoms with Crippen LogP contribution >= 0.6 is 0 Å². The molecule has 1 aliphatic rings. The fourth-order valence-electron chi connectivity index (χ4n) is 2.75. The zero-order valence-corrected chi connectivity index (χ0v) is 12.8. The molecule has 2 N–H and O–H groups in total. The van der Waals surface area contributed by atoms with Crippen molar-refractivity contribution in [1.82, 2.24) is 5.32 Å². The normalized spacial score (nSPS) is 14.3. The van der Waals surface area contributed by atoms with Crippen LogP contribution in [0.4, 0.5) is 0 Å². The van der Waals surface area contributed by atoms with Gasteiger partial charge in [0.1, 0.15) is 18.3 Å². The fourth-order valence-corrected chi connectivity index (χ4v) is 2.75. The van der Waals surface area contributed by atoms with E-state index in [-0.39, 0.29) is 5.75 Å². The minimum Gasteiger partial charge on any atom is -0.507 e. The molecule has 0 unspecified atom stereocenters. The van der Waals surface area contributed by atoms with Crippen LogP contribution in [0.2, 0.25) is 0 Å². The van der Waals surface area contributed by atoms with Gasteiger partial charge in [-0.05, 0) is 36.3 Å². The number of fused-ring (bicyclic) bond motifs is 1. The Morgan fingerprint density at radius 2 is 1.96 bits per heavy atom. The summed E-state index contributed by atoms with van der Waals surface area (Å²) in [6, 6.07) is 11.1. The molecule has 0 spiro atoms. The van der Waals surface area contributed by atoms with E-state index in [2.05, 4.69) is 5.32 Å². The Bertz CT molecular complexity index is 773. The molecule has 0 amide bonds. The van der Waals surface area contributed by atoms with Crippen molar-refractivity contribution in [2.45, 2.75) is 31.7 Å². The van der Waals surface area contributed by atoms with E-state index in [4.69, 9.17) is 0 Å². The van der Waals surface area contributed by atoms with Crippen molar-refractivity contribution >= 4 is 29.0 Å². The van der Waals surface area contributed by atoms with Crippen LogP contribution in [-0.4, -0.2) is 23.7 Å². The molecule has 2 aromatic rings. The maximum atomic E-state index is 11.3. The third-order valence-corrected chi connectivity index (χ3v) is 4.11. The van der Waals surface area contributed by atoms with Crippen molar-refractivity contribution in [3.8, 4) is 5.75 Å². The fraction of sp³-hybridized carbons (Fsp3) is 0.263. The van der Waals surface area contributed by atoms with E-state index in [1.54, 1.807) is 0 Å². The third-order valence-electron chi connectivity index (χ3n) is 4.11. The average molecular weight is 309 g/mol. The molecule has 0 heterocycles. The molecule has 3 rings (SSSR count). The zero-order chi connectivity index (χ0) is 16.2. The summed E-state index contributed by atoms with van der Waals surface area (Å²) >= 11 is 0. The van der Waals surface area contributed by atoms with Crippen molar-refractivity contribution in [2.75, 3.05) is 0 Å². The van der Waals surface area contributed by atoms with Crippen LogP contribution in [0.1, 0.15) is 31.2 Å². The summed E-state index contributed by atoms with van der Waals surface area (Å²) in [6.45, 7) is 0. The molecule has 23 heavy (non-hydrogen) atoms. The second kappa shape index (κ2) is 6.65. The van der Waals surface area contributed by atoms with Gasteiger partial charge in [0.05, 0.1) is 6.04 Å². The van der Waals surface area contributed by atoms with E-state index >= 15 is 0 Å². The molecule has 0 saturated heterocycles. The van der Waals surface area contributed by atoms with E-state index in [9.17, 15) is 14.7 Å². The highest BCUT2D eigenvalue weighted by atomic mass is 16.3. The number of phenolic OH excluding ortho intramolecular Hbond substituents is 1. The first kappa shape index (κ1) is 15.3. The summed E-state index contributed by atoms with van der Waals surface area (Å²) in [5.74, 6) is 0.227. The maximum Gasteiger partial charge on any atom is 0.142 e. The highest BCUT2D eigenvalue weighted by Crippen LogP contribution is 2.40. The van der Waals surface area contributed by atoms with Crippen molar-refractivity contribution in [1.29, 1.82) is 0 Å². The Balaban J connectivity index is 1.97. The monoisotopic (exact) mass is 309 g/mol. The zero-order valence-electron chi connectivity index (χ0n) is 12.8. The Morgan fingerprint density at radius 1 is 1.17 bits per heavy atom. The number of phenols is 1. The molecule has 2 aromatic carbocycles. The van der Waals surface area contributed by atoms with Crippen molar-refractivity contribution in [3.05, 3.63) is 47.5 Å². The van der Waals surface area contributed by atoms with Crippen LogP contribution in [0.15, 0.2) is 42.0 Å². The topological polar surface area (TPSA) is 66.4 Å². The lowest BCUT2D eigenvalue weighted by atomic mass is 10.0. The highest BCUT2D eigenvalue weighted by Gasteiger charge is 2.23. The number of aromatic hydroxyl groups is 1. The number of carbonyl (C=O) groups excluding carboxylic acids is 2. The van der Waals surface area contributed by atoms with Gasteiger partial charge in [0.2, 0.25) is 0 Å². The van der Waals surface area contributed by atoms with Gasteiger partial charge in [0, 0.05) is 23.1 Å². The highest BCUT2D eigenvalue weighted by molar-refractivity contribution is 5.93. The first-order chi connectivity index (χ1) is 11.2. The summed E-state index contributed by atoms with van der Waals surface area (Å²) in [7, 11) is 0. The number of nitrogens with one attached hydrogen (secondary N) is 1. The Kier molecular flexibility index (Phi) is 4.42. The molecule has 1 atom stereocenters. The van der Waals surface area contributed by atoms with Gasteiger partial charge in [-0.15, -0.1) is 0 Å². The van der Waals surface area contributed by atoms with Crippen molar-refractivity contribution < 1.29 is 14.7 Å². The van der Waals surface area contributed by atoms with Gasteiger partial charge in [-0.2, -0.15) is 0 Å². The van der Waals surface area contributed by atoms with Crippen molar-refractivity contribution in [2.24, 2.45) is 0 Å². The molecule has 0 aliphatic heterocycles. The first-order valence-corrected chi connectivity index (χ1v) is 7.83. The number of benzene rings is 2. The Hall–Kier alpha value is -2.62. The molecule has 118 valence electrons. The molecule has 1 saturated carbocycles. The molecular formula is C19H19NO3. The smallest absolute Gasteiger partial charge is 0.142 e. The van der Waals surface area contributed by atoms with E-state index in [0.29, 0.717) is 18.4 Å². The van der Waals surface area contributed by atoms with E-state index < -0.39 is 6.04 Å². The molecule has 1 fully saturated rings. The standard InChI is InChI=1S/C19H19NO3/c21-11-3-5-15(12-22)20-18(14-7-8-14)17-10-9-13-4-1-2-6-16(13)19(17)23/h1-2,4,6,9-12,15,20,23H,3,5,7-8H2/t15-/m0/s1. The number of allylic oxidation sites excluding steroid dienone is 1. The summed E-state index contributed by atoms with van der Waals surface area (Å²) in [5, 5.41) is 15.6. The van der Waals surface area contributed by atoms with Crippen LogP contribution in [0.25, 0.3) is 16.5 Å². The molecule has 0 aromatic heterocycles. The van der Waals surface area contributed by atoms with Gasteiger partial charge in [0.25, 0.3) is 0 Å². The molecule has 0 bridgehead atoms. The van der Waals surface area contributed by atoms with Crippen LogP contribution in [0.3, 0.4) is 0 Å². The number of aldehydes is 2. The van der Waals surface area contributed by atoms with Gasteiger partial charge in [0.15, 0.2) is 0 Å².